The fourth-order valence-corrected chi connectivity index (χ4v) is 3.52. The largest absolute Gasteiger partial charge is 0.431 e. The first-order chi connectivity index (χ1) is 13.0. The topological polar surface area (TPSA) is 31.9 Å². The highest BCUT2D eigenvalue weighted by Gasteiger charge is 2.39. The van der Waals surface area contributed by atoms with Gasteiger partial charge in [-0.1, -0.05) is 18.2 Å². The molecule has 4 rings (SSSR count). The van der Waals surface area contributed by atoms with Gasteiger partial charge >= 0.3 is 12.4 Å². The molecule has 1 N–H and O–H groups in total. The van der Waals surface area contributed by atoms with Crippen molar-refractivity contribution >= 4 is 27.4 Å². The van der Waals surface area contributed by atoms with Crippen LogP contribution in [0.25, 0.3) is 27.4 Å². The first-order valence-electron chi connectivity index (χ1n) is 8.53. The van der Waals surface area contributed by atoms with Gasteiger partial charge in [-0.2, -0.15) is 26.3 Å². The number of halogens is 6. The molecule has 9 heteroatoms. The Balaban J connectivity index is 1.99. The maximum Gasteiger partial charge on any atom is 0.431 e. The molecule has 2 aromatic heterocycles. The molecule has 0 atom stereocenters. The predicted molar refractivity (Wildman–Crippen MR) is 93.7 cm³/mol. The van der Waals surface area contributed by atoms with Gasteiger partial charge in [0.1, 0.15) is 5.69 Å². The van der Waals surface area contributed by atoms with Crippen molar-refractivity contribution < 1.29 is 26.3 Å². The molecule has 0 aliphatic carbocycles. The lowest BCUT2D eigenvalue weighted by molar-refractivity contribution is -0.144. The number of H-pyrrole nitrogens is 1. The average molecular weight is 399 g/mol. The van der Waals surface area contributed by atoms with Gasteiger partial charge < -0.3 is 9.88 Å². The number of alkyl halides is 6. The monoisotopic (exact) mass is 399 g/mol. The summed E-state index contributed by atoms with van der Waals surface area (Å²) in [4.78, 5) is 8.59. The fraction of sp³-hybridized carbons (Fsp3) is 0.316. The second-order valence-electron chi connectivity index (χ2n) is 6.92. The molecule has 1 aromatic carbocycles. The van der Waals surface area contributed by atoms with Gasteiger partial charge in [-0.05, 0) is 31.2 Å². The van der Waals surface area contributed by atoms with Gasteiger partial charge in [-0.15, -0.1) is 0 Å². The van der Waals surface area contributed by atoms with Crippen molar-refractivity contribution in [2.24, 2.45) is 0 Å². The summed E-state index contributed by atoms with van der Waals surface area (Å²) >= 11 is 0. The number of likely N-dealkylation sites (N-methyl/N-ethyl adjacent to an activating group) is 1. The highest BCUT2D eigenvalue weighted by atomic mass is 19.4. The number of benzene rings is 1. The van der Waals surface area contributed by atoms with Crippen molar-refractivity contribution in [3.05, 3.63) is 47.3 Å². The zero-order chi connectivity index (χ0) is 20.3. The standard InChI is InChI=1S/C19H15F6N3/c1-28-6-2-3-11(9-28)14-7-10-4-5-12-13(18(20,21)22)8-15(19(23,24)25)27-17(12)16(10)26-14/h3-5,7-8,27H,2,6,9H2,1H3. The fourth-order valence-electron chi connectivity index (χ4n) is 3.52. The number of nitrogens with zero attached hydrogens (tertiary/aromatic N) is 2. The van der Waals surface area contributed by atoms with Crippen LogP contribution in [0.1, 0.15) is 23.4 Å². The Bertz CT molecular complexity index is 1090. The lowest BCUT2D eigenvalue weighted by atomic mass is 10.0. The predicted octanol–water partition coefficient (Wildman–Crippen LogP) is 5.47. The quantitative estimate of drug-likeness (QED) is 0.550. The molecule has 3 aromatic rings. The molecule has 0 radical (unpaired) electrons. The molecule has 3 nitrogen and oxygen atoms in total. The third-order valence-electron chi connectivity index (χ3n) is 4.85. The molecule has 0 saturated heterocycles. The summed E-state index contributed by atoms with van der Waals surface area (Å²) in [7, 11) is 1.93. The van der Waals surface area contributed by atoms with Crippen molar-refractivity contribution in [1.82, 2.24) is 14.9 Å². The number of rotatable bonds is 1. The first kappa shape index (κ1) is 18.8. The summed E-state index contributed by atoms with van der Waals surface area (Å²) in [5.74, 6) is 0. The van der Waals surface area contributed by atoms with Crippen LogP contribution in [-0.4, -0.2) is 35.0 Å². The third kappa shape index (κ3) is 3.23. The van der Waals surface area contributed by atoms with Crippen molar-refractivity contribution in [3.8, 4) is 0 Å². The molecule has 1 aliphatic rings. The smallest absolute Gasteiger partial charge is 0.349 e. The van der Waals surface area contributed by atoms with Crippen LogP contribution < -0.4 is 0 Å². The summed E-state index contributed by atoms with van der Waals surface area (Å²) in [6.07, 6.45) is -7.07. The lowest BCUT2D eigenvalue weighted by Gasteiger charge is -2.21. The second-order valence-corrected chi connectivity index (χ2v) is 6.92. The van der Waals surface area contributed by atoms with Crippen LogP contribution in [0, 0.1) is 0 Å². The van der Waals surface area contributed by atoms with E-state index in [4.69, 9.17) is 0 Å². The number of nitrogens with one attached hydrogen (secondary N) is 1. The molecule has 0 saturated carbocycles. The number of hydrogen-bond acceptors (Lipinski definition) is 2. The van der Waals surface area contributed by atoms with E-state index in [1.54, 1.807) is 6.07 Å². The van der Waals surface area contributed by atoms with Gasteiger partial charge in [-0.3, -0.25) is 0 Å². The SMILES string of the molecule is CN1CCC=C(c2cc3ccc4c(C(F)(F)F)cc(C(F)(F)F)[nH]c4c3n2)C1. The Labute approximate surface area is 155 Å². The molecule has 0 bridgehead atoms. The van der Waals surface area contributed by atoms with E-state index in [0.717, 1.165) is 18.5 Å². The van der Waals surface area contributed by atoms with Gasteiger partial charge in [0.25, 0.3) is 0 Å². The van der Waals surface area contributed by atoms with Gasteiger partial charge in [0.2, 0.25) is 0 Å². The Kier molecular flexibility index (Phi) is 4.18. The van der Waals surface area contributed by atoms with Crippen molar-refractivity contribution in [2.75, 3.05) is 20.1 Å². The normalized spacial score (nSPS) is 16.8. The van der Waals surface area contributed by atoms with Crippen LogP contribution in [-0.2, 0) is 12.4 Å². The van der Waals surface area contributed by atoms with E-state index in [1.165, 1.54) is 12.1 Å². The minimum Gasteiger partial charge on any atom is -0.349 e. The van der Waals surface area contributed by atoms with Crippen LogP contribution in [0.3, 0.4) is 0 Å². The maximum atomic E-state index is 13.4. The van der Waals surface area contributed by atoms with E-state index in [1.807, 2.05) is 13.1 Å². The van der Waals surface area contributed by atoms with Crippen LogP contribution in [0.15, 0.2) is 30.3 Å². The molecule has 28 heavy (non-hydrogen) atoms. The molecule has 3 heterocycles. The molecule has 0 fully saturated rings. The first-order valence-corrected chi connectivity index (χ1v) is 8.53. The van der Waals surface area contributed by atoms with Crippen LogP contribution in [0.2, 0.25) is 0 Å². The Hall–Kier alpha value is -2.55. The molecular formula is C19H15F6N3. The zero-order valence-corrected chi connectivity index (χ0v) is 14.7. The number of pyridine rings is 1. The summed E-state index contributed by atoms with van der Waals surface area (Å²) in [6.45, 7) is 1.50. The van der Waals surface area contributed by atoms with Crippen LogP contribution >= 0.6 is 0 Å². The Morgan fingerprint density at radius 1 is 1.04 bits per heavy atom. The van der Waals surface area contributed by atoms with Crippen molar-refractivity contribution in [2.45, 2.75) is 18.8 Å². The summed E-state index contributed by atoms with van der Waals surface area (Å²) in [5.41, 5.74) is -1.50. The number of hydrogen-bond donors (Lipinski definition) is 1. The minimum atomic E-state index is -4.94. The van der Waals surface area contributed by atoms with E-state index in [-0.39, 0.29) is 22.5 Å². The van der Waals surface area contributed by atoms with Crippen molar-refractivity contribution in [1.29, 1.82) is 0 Å². The van der Waals surface area contributed by atoms with Crippen LogP contribution in [0.4, 0.5) is 26.3 Å². The summed E-state index contributed by atoms with van der Waals surface area (Å²) in [5, 5.41) is 0.146. The Morgan fingerprint density at radius 3 is 2.43 bits per heavy atom. The minimum absolute atomic E-state index is 0.0956. The van der Waals surface area contributed by atoms with E-state index >= 15 is 0 Å². The maximum absolute atomic E-state index is 13.4. The van der Waals surface area contributed by atoms with Crippen LogP contribution in [0.5, 0.6) is 0 Å². The summed E-state index contributed by atoms with van der Waals surface area (Å²) in [6, 6.07) is 4.44. The third-order valence-corrected chi connectivity index (χ3v) is 4.85. The van der Waals surface area contributed by atoms with Gasteiger partial charge in [0.05, 0.1) is 22.3 Å². The van der Waals surface area contributed by atoms with E-state index < -0.39 is 23.6 Å². The number of aromatic nitrogens is 2. The zero-order valence-electron chi connectivity index (χ0n) is 14.7. The van der Waals surface area contributed by atoms with Gasteiger partial charge in [0.15, 0.2) is 0 Å². The van der Waals surface area contributed by atoms with Crippen molar-refractivity contribution in [3.63, 3.8) is 0 Å². The molecule has 0 unspecified atom stereocenters. The van der Waals surface area contributed by atoms with E-state index in [2.05, 4.69) is 14.9 Å². The highest BCUT2D eigenvalue weighted by Crippen LogP contribution is 2.40. The number of aromatic amines is 1. The molecule has 0 amide bonds. The van der Waals surface area contributed by atoms with Gasteiger partial charge in [0, 0.05) is 23.9 Å². The van der Waals surface area contributed by atoms with Gasteiger partial charge in [-0.25, -0.2) is 4.98 Å². The van der Waals surface area contributed by atoms with E-state index in [9.17, 15) is 26.3 Å². The summed E-state index contributed by atoms with van der Waals surface area (Å²) < 4.78 is 79.8. The second kappa shape index (κ2) is 6.23. The average Bonchev–Trinajstić information content (AvgIpc) is 3.04. The number of fused-ring (bicyclic) bond motifs is 3. The Morgan fingerprint density at radius 2 is 1.79 bits per heavy atom. The van der Waals surface area contributed by atoms with E-state index in [0.29, 0.717) is 17.6 Å². The highest BCUT2D eigenvalue weighted by molar-refractivity contribution is 6.05. The molecular weight excluding hydrogens is 384 g/mol. The lowest BCUT2D eigenvalue weighted by Crippen LogP contribution is -2.24. The molecule has 1 aliphatic heterocycles. The molecule has 148 valence electrons. The molecule has 0 spiro atoms.